The Morgan fingerprint density at radius 1 is 1.30 bits per heavy atom. The number of hydrogen-bond acceptors (Lipinski definition) is 4. The summed E-state index contributed by atoms with van der Waals surface area (Å²) in [4.78, 5) is 2.18. The maximum atomic E-state index is 11.0. The van der Waals surface area contributed by atoms with Gasteiger partial charge >= 0.3 is 0 Å². The van der Waals surface area contributed by atoms with Gasteiger partial charge < -0.3 is 10.0 Å². The average Bonchev–Trinajstić information content (AvgIpc) is 2.90. The predicted octanol–water partition coefficient (Wildman–Crippen LogP) is 1.72. The standard InChI is InChI=1S/C15H20N4O/c1-11-9-18(10-15(11,20)12-5-4-6-12)14-17-16-13-7-2-3-8-19(13)14/h2-3,7-8,11-12,20H,4-6,9-10H2,1H3/t11-,15+/m1/s1. The van der Waals surface area contributed by atoms with Crippen LogP contribution >= 0.6 is 0 Å². The van der Waals surface area contributed by atoms with Gasteiger partial charge in [-0.1, -0.05) is 19.4 Å². The minimum atomic E-state index is -0.557. The lowest BCUT2D eigenvalue weighted by Crippen LogP contribution is -2.47. The number of rotatable bonds is 2. The van der Waals surface area contributed by atoms with Gasteiger partial charge in [-0.05, 0) is 30.9 Å². The molecule has 1 aliphatic carbocycles. The van der Waals surface area contributed by atoms with E-state index >= 15 is 0 Å². The highest BCUT2D eigenvalue weighted by Crippen LogP contribution is 2.44. The maximum absolute atomic E-state index is 11.0. The highest BCUT2D eigenvalue weighted by atomic mass is 16.3. The SMILES string of the molecule is C[C@@H]1CN(c2nnc3ccccn23)C[C@@]1(O)C1CCC1. The van der Waals surface area contributed by atoms with Crippen molar-refractivity contribution in [1.29, 1.82) is 0 Å². The summed E-state index contributed by atoms with van der Waals surface area (Å²) in [6, 6.07) is 5.90. The van der Waals surface area contributed by atoms with Crippen LogP contribution in [-0.2, 0) is 0 Å². The molecule has 0 radical (unpaired) electrons. The van der Waals surface area contributed by atoms with E-state index in [1.807, 2.05) is 28.8 Å². The number of aromatic nitrogens is 3. The van der Waals surface area contributed by atoms with Crippen molar-refractivity contribution >= 4 is 11.6 Å². The van der Waals surface area contributed by atoms with Gasteiger partial charge in [0.25, 0.3) is 0 Å². The zero-order valence-corrected chi connectivity index (χ0v) is 11.7. The minimum absolute atomic E-state index is 0.281. The van der Waals surface area contributed by atoms with Crippen LogP contribution in [0, 0.1) is 11.8 Å². The molecule has 5 heteroatoms. The Labute approximate surface area is 118 Å². The summed E-state index contributed by atoms with van der Waals surface area (Å²) in [6.07, 6.45) is 5.56. The highest BCUT2D eigenvalue weighted by molar-refractivity contribution is 5.47. The molecule has 2 aliphatic rings. The number of pyridine rings is 1. The molecular formula is C15H20N4O. The van der Waals surface area contributed by atoms with Gasteiger partial charge in [-0.3, -0.25) is 4.40 Å². The average molecular weight is 272 g/mol. The summed E-state index contributed by atoms with van der Waals surface area (Å²) in [5, 5.41) is 19.5. The first-order valence-electron chi connectivity index (χ1n) is 7.45. The smallest absolute Gasteiger partial charge is 0.231 e. The lowest BCUT2D eigenvalue weighted by Gasteiger charge is -2.41. The largest absolute Gasteiger partial charge is 0.387 e. The van der Waals surface area contributed by atoms with Crippen LogP contribution in [0.2, 0.25) is 0 Å². The monoisotopic (exact) mass is 272 g/mol. The van der Waals surface area contributed by atoms with Gasteiger partial charge in [0.15, 0.2) is 5.65 Å². The molecule has 0 amide bonds. The second-order valence-electron chi connectivity index (χ2n) is 6.33. The van der Waals surface area contributed by atoms with E-state index in [2.05, 4.69) is 22.0 Å². The Morgan fingerprint density at radius 2 is 2.15 bits per heavy atom. The van der Waals surface area contributed by atoms with Crippen molar-refractivity contribution in [3.05, 3.63) is 24.4 Å². The summed E-state index contributed by atoms with van der Waals surface area (Å²) < 4.78 is 2.00. The molecular weight excluding hydrogens is 252 g/mol. The Balaban J connectivity index is 1.67. The van der Waals surface area contributed by atoms with E-state index in [0.717, 1.165) is 31.0 Å². The minimum Gasteiger partial charge on any atom is -0.387 e. The first kappa shape index (κ1) is 12.1. The van der Waals surface area contributed by atoms with Crippen LogP contribution in [0.4, 0.5) is 5.95 Å². The van der Waals surface area contributed by atoms with Crippen molar-refractivity contribution < 1.29 is 5.11 Å². The van der Waals surface area contributed by atoms with Gasteiger partial charge in [0.1, 0.15) is 0 Å². The van der Waals surface area contributed by atoms with Gasteiger partial charge in [0.2, 0.25) is 5.95 Å². The number of fused-ring (bicyclic) bond motifs is 1. The van der Waals surface area contributed by atoms with Gasteiger partial charge in [-0.25, -0.2) is 0 Å². The highest BCUT2D eigenvalue weighted by Gasteiger charge is 2.50. The van der Waals surface area contributed by atoms with E-state index in [9.17, 15) is 5.11 Å². The third-order valence-corrected chi connectivity index (χ3v) is 5.18. The van der Waals surface area contributed by atoms with E-state index < -0.39 is 5.60 Å². The number of aliphatic hydroxyl groups is 1. The fraction of sp³-hybridized carbons (Fsp3) is 0.600. The normalized spacial score (nSPS) is 30.9. The molecule has 1 aliphatic heterocycles. The van der Waals surface area contributed by atoms with E-state index in [0.29, 0.717) is 12.5 Å². The van der Waals surface area contributed by atoms with E-state index in [1.165, 1.54) is 6.42 Å². The summed E-state index contributed by atoms with van der Waals surface area (Å²) in [5.74, 6) is 1.59. The van der Waals surface area contributed by atoms with Crippen LogP contribution in [0.25, 0.3) is 5.65 Å². The summed E-state index contributed by atoms with van der Waals surface area (Å²) in [5.41, 5.74) is 0.299. The van der Waals surface area contributed by atoms with Crippen molar-refractivity contribution in [2.24, 2.45) is 11.8 Å². The van der Waals surface area contributed by atoms with Gasteiger partial charge in [0.05, 0.1) is 12.1 Å². The molecule has 0 spiro atoms. The molecule has 1 saturated carbocycles. The van der Waals surface area contributed by atoms with E-state index in [1.54, 1.807) is 0 Å². The number of hydrogen-bond donors (Lipinski definition) is 1. The van der Waals surface area contributed by atoms with Crippen LogP contribution in [0.1, 0.15) is 26.2 Å². The fourth-order valence-corrected chi connectivity index (χ4v) is 3.65. The van der Waals surface area contributed by atoms with Crippen molar-refractivity contribution in [3.63, 3.8) is 0 Å². The zero-order valence-electron chi connectivity index (χ0n) is 11.7. The Bertz CT molecular complexity index is 636. The second-order valence-corrected chi connectivity index (χ2v) is 6.33. The summed E-state index contributed by atoms with van der Waals surface area (Å²) in [6.45, 7) is 3.68. The van der Waals surface area contributed by atoms with Gasteiger partial charge in [-0.15, -0.1) is 10.2 Å². The lowest BCUT2D eigenvalue weighted by atomic mass is 9.69. The molecule has 3 heterocycles. The van der Waals surface area contributed by atoms with Gasteiger partial charge in [-0.2, -0.15) is 0 Å². The molecule has 20 heavy (non-hydrogen) atoms. The molecule has 0 aromatic carbocycles. The first-order chi connectivity index (χ1) is 9.68. The number of nitrogens with zero attached hydrogens (tertiary/aromatic N) is 4. The van der Waals surface area contributed by atoms with Crippen molar-refractivity contribution in [1.82, 2.24) is 14.6 Å². The third-order valence-electron chi connectivity index (χ3n) is 5.18. The molecule has 5 nitrogen and oxygen atoms in total. The molecule has 2 aromatic heterocycles. The summed E-state index contributed by atoms with van der Waals surface area (Å²) in [7, 11) is 0. The van der Waals surface area contributed by atoms with Crippen LogP contribution in [0.5, 0.6) is 0 Å². The van der Waals surface area contributed by atoms with Crippen molar-refractivity contribution in [2.75, 3.05) is 18.0 Å². The van der Waals surface area contributed by atoms with Crippen molar-refractivity contribution in [3.8, 4) is 0 Å². The molecule has 2 atom stereocenters. The third kappa shape index (κ3) is 1.59. The zero-order chi connectivity index (χ0) is 13.7. The fourth-order valence-electron chi connectivity index (χ4n) is 3.65. The molecule has 4 rings (SSSR count). The van der Waals surface area contributed by atoms with Gasteiger partial charge in [0, 0.05) is 18.7 Å². The predicted molar refractivity (Wildman–Crippen MR) is 76.7 cm³/mol. The molecule has 0 unspecified atom stereocenters. The van der Waals surface area contributed by atoms with Crippen molar-refractivity contribution in [2.45, 2.75) is 31.8 Å². The second kappa shape index (κ2) is 4.19. The van der Waals surface area contributed by atoms with Crippen LogP contribution in [-0.4, -0.2) is 38.4 Å². The van der Waals surface area contributed by atoms with Crippen LogP contribution in [0.3, 0.4) is 0 Å². The van der Waals surface area contributed by atoms with E-state index in [4.69, 9.17) is 0 Å². The van der Waals surface area contributed by atoms with Crippen LogP contribution in [0.15, 0.2) is 24.4 Å². The molecule has 1 N–H and O–H groups in total. The number of anilines is 1. The topological polar surface area (TPSA) is 53.7 Å². The molecule has 2 aromatic rings. The molecule has 2 fully saturated rings. The Hall–Kier alpha value is -1.62. The van der Waals surface area contributed by atoms with Crippen LogP contribution < -0.4 is 4.90 Å². The Morgan fingerprint density at radius 3 is 2.90 bits per heavy atom. The molecule has 0 bridgehead atoms. The quantitative estimate of drug-likeness (QED) is 0.904. The molecule has 1 saturated heterocycles. The molecule has 106 valence electrons. The lowest BCUT2D eigenvalue weighted by molar-refractivity contribution is -0.0615. The number of β-amino-alcohol motifs (C(OH)–C–C–N with tert-alkyl or cyclic N) is 1. The van der Waals surface area contributed by atoms with E-state index in [-0.39, 0.29) is 5.92 Å². The Kier molecular flexibility index (Phi) is 2.54. The summed E-state index contributed by atoms with van der Waals surface area (Å²) >= 11 is 0. The maximum Gasteiger partial charge on any atom is 0.231 e. The first-order valence-corrected chi connectivity index (χ1v) is 7.45.